The largest absolute Gasteiger partial charge is 0.417 e. The number of rotatable bonds is 3. The van der Waals surface area contributed by atoms with Crippen LogP contribution in [-0.4, -0.2) is 42.0 Å². The van der Waals surface area contributed by atoms with Crippen molar-refractivity contribution in [1.29, 1.82) is 0 Å². The third-order valence-electron chi connectivity index (χ3n) is 3.21. The summed E-state index contributed by atoms with van der Waals surface area (Å²) in [5.41, 5.74) is -0.762. The van der Waals surface area contributed by atoms with Crippen LogP contribution in [0.4, 0.5) is 19.0 Å². The second-order valence-corrected chi connectivity index (χ2v) is 4.91. The van der Waals surface area contributed by atoms with E-state index in [2.05, 4.69) is 4.98 Å². The molecule has 1 fully saturated rings. The van der Waals surface area contributed by atoms with Gasteiger partial charge in [0.05, 0.1) is 30.9 Å². The number of alkyl halides is 3. The molecule has 0 spiro atoms. The van der Waals surface area contributed by atoms with Crippen LogP contribution in [-0.2, 0) is 10.9 Å². The van der Waals surface area contributed by atoms with E-state index in [9.17, 15) is 18.3 Å². The fourth-order valence-electron chi connectivity index (χ4n) is 2.27. The van der Waals surface area contributed by atoms with E-state index in [4.69, 9.17) is 4.74 Å². The van der Waals surface area contributed by atoms with Crippen LogP contribution in [0, 0.1) is 0 Å². The van der Waals surface area contributed by atoms with E-state index in [1.54, 1.807) is 6.92 Å². The molecule has 1 aromatic rings. The zero-order chi connectivity index (χ0) is 14.8. The molecule has 1 aromatic heterocycles. The summed E-state index contributed by atoms with van der Waals surface area (Å²) < 4.78 is 42.9. The predicted molar refractivity (Wildman–Crippen MR) is 67.5 cm³/mol. The molecule has 0 amide bonds. The summed E-state index contributed by atoms with van der Waals surface area (Å²) >= 11 is 0. The molecule has 20 heavy (non-hydrogen) atoms. The minimum atomic E-state index is -4.38. The lowest BCUT2D eigenvalue weighted by molar-refractivity contribution is -0.137. The Kier molecular flexibility index (Phi) is 4.49. The van der Waals surface area contributed by atoms with Crippen LogP contribution in [0.1, 0.15) is 18.9 Å². The molecule has 2 heterocycles. The van der Waals surface area contributed by atoms with Gasteiger partial charge in [-0.15, -0.1) is 0 Å². The first kappa shape index (κ1) is 15.1. The standard InChI is InChI=1S/C13H17F3N2O2/c1-9(19)6-11-8-20-5-4-18(11)12-3-2-10(7-17-12)13(14,15)16/h2-3,7,9,11,19H,4-6,8H2,1H3/t9-,11+/m0/s1. The summed E-state index contributed by atoms with van der Waals surface area (Å²) in [6.45, 7) is 3.16. The van der Waals surface area contributed by atoms with Crippen molar-refractivity contribution >= 4 is 5.82 Å². The molecule has 0 bridgehead atoms. The summed E-state index contributed by atoms with van der Waals surface area (Å²) in [5.74, 6) is 0.479. The van der Waals surface area contributed by atoms with Gasteiger partial charge in [-0.1, -0.05) is 0 Å². The maximum absolute atomic E-state index is 12.5. The highest BCUT2D eigenvalue weighted by molar-refractivity contribution is 5.41. The summed E-state index contributed by atoms with van der Waals surface area (Å²) in [6.07, 6.45) is -3.55. The van der Waals surface area contributed by atoms with Gasteiger partial charge in [-0.05, 0) is 25.5 Å². The summed E-state index contributed by atoms with van der Waals surface area (Å²) in [4.78, 5) is 5.78. The maximum atomic E-state index is 12.5. The number of nitrogens with zero attached hydrogens (tertiary/aromatic N) is 2. The molecule has 1 saturated heterocycles. The van der Waals surface area contributed by atoms with Gasteiger partial charge in [0.15, 0.2) is 0 Å². The van der Waals surface area contributed by atoms with Crippen molar-refractivity contribution in [3.05, 3.63) is 23.9 Å². The van der Waals surface area contributed by atoms with Crippen LogP contribution in [0.15, 0.2) is 18.3 Å². The fraction of sp³-hybridized carbons (Fsp3) is 0.615. The highest BCUT2D eigenvalue weighted by atomic mass is 19.4. The van der Waals surface area contributed by atoms with Gasteiger partial charge in [0.1, 0.15) is 5.82 Å². The first-order valence-electron chi connectivity index (χ1n) is 6.43. The van der Waals surface area contributed by atoms with Crippen molar-refractivity contribution in [2.45, 2.75) is 31.7 Å². The number of aliphatic hydroxyl groups is 1. The molecule has 0 unspecified atom stereocenters. The van der Waals surface area contributed by atoms with Gasteiger partial charge in [-0.25, -0.2) is 4.98 Å². The molecule has 2 rings (SSSR count). The number of aliphatic hydroxyl groups excluding tert-OH is 1. The van der Waals surface area contributed by atoms with Gasteiger partial charge in [-0.2, -0.15) is 13.2 Å². The third-order valence-corrected chi connectivity index (χ3v) is 3.21. The van der Waals surface area contributed by atoms with E-state index >= 15 is 0 Å². The fourth-order valence-corrected chi connectivity index (χ4v) is 2.27. The summed E-state index contributed by atoms with van der Waals surface area (Å²) in [7, 11) is 0. The predicted octanol–water partition coefficient (Wildman–Crippen LogP) is 2.08. The second-order valence-electron chi connectivity index (χ2n) is 4.91. The molecule has 0 radical (unpaired) electrons. The second kappa shape index (κ2) is 5.97. The highest BCUT2D eigenvalue weighted by Crippen LogP contribution is 2.30. The van der Waals surface area contributed by atoms with E-state index in [1.165, 1.54) is 6.07 Å². The first-order valence-corrected chi connectivity index (χ1v) is 6.43. The Morgan fingerprint density at radius 2 is 2.25 bits per heavy atom. The number of morpholine rings is 1. The smallest absolute Gasteiger partial charge is 0.393 e. The van der Waals surface area contributed by atoms with Crippen LogP contribution >= 0.6 is 0 Å². The third kappa shape index (κ3) is 3.61. The first-order chi connectivity index (χ1) is 9.38. The average Bonchev–Trinajstić information content (AvgIpc) is 2.38. The monoisotopic (exact) mass is 290 g/mol. The Balaban J connectivity index is 2.15. The number of halogens is 3. The minimum absolute atomic E-state index is 0.0759. The average molecular weight is 290 g/mol. The zero-order valence-corrected chi connectivity index (χ0v) is 11.1. The van der Waals surface area contributed by atoms with Crippen molar-refractivity contribution in [2.24, 2.45) is 0 Å². The Labute approximate surface area is 115 Å². The van der Waals surface area contributed by atoms with Crippen LogP contribution < -0.4 is 4.90 Å². The Hall–Kier alpha value is -1.34. The van der Waals surface area contributed by atoms with Gasteiger partial charge in [0.2, 0.25) is 0 Å². The van der Waals surface area contributed by atoms with E-state index < -0.39 is 17.8 Å². The number of hydrogen-bond donors (Lipinski definition) is 1. The SMILES string of the molecule is C[C@H](O)C[C@@H]1COCCN1c1ccc(C(F)(F)F)cn1. The minimum Gasteiger partial charge on any atom is -0.393 e. The van der Waals surface area contributed by atoms with Gasteiger partial charge >= 0.3 is 6.18 Å². The number of ether oxygens (including phenoxy) is 1. The topological polar surface area (TPSA) is 45.6 Å². The van der Waals surface area contributed by atoms with Gasteiger partial charge in [-0.3, -0.25) is 0 Å². The molecule has 1 aliphatic heterocycles. The van der Waals surface area contributed by atoms with Crippen LogP contribution in [0.2, 0.25) is 0 Å². The molecule has 0 aliphatic carbocycles. The van der Waals surface area contributed by atoms with E-state index in [0.717, 1.165) is 12.3 Å². The number of aromatic nitrogens is 1. The Bertz CT molecular complexity index is 434. The normalized spacial score (nSPS) is 21.9. The molecule has 7 heteroatoms. The maximum Gasteiger partial charge on any atom is 0.417 e. The molecule has 0 aromatic carbocycles. The molecular weight excluding hydrogens is 273 g/mol. The van der Waals surface area contributed by atoms with E-state index in [1.807, 2.05) is 4.90 Å². The van der Waals surface area contributed by atoms with Crippen LogP contribution in [0.5, 0.6) is 0 Å². The quantitative estimate of drug-likeness (QED) is 0.925. The molecule has 0 saturated carbocycles. The molecule has 4 nitrogen and oxygen atoms in total. The lowest BCUT2D eigenvalue weighted by Crippen LogP contribution is -2.47. The highest BCUT2D eigenvalue weighted by Gasteiger charge is 2.31. The molecule has 1 aliphatic rings. The number of anilines is 1. The summed E-state index contributed by atoms with van der Waals surface area (Å²) in [6, 6.07) is 2.31. The van der Waals surface area contributed by atoms with E-state index in [0.29, 0.717) is 32.0 Å². The Morgan fingerprint density at radius 3 is 2.80 bits per heavy atom. The van der Waals surface area contributed by atoms with E-state index in [-0.39, 0.29) is 6.04 Å². The number of pyridine rings is 1. The lowest BCUT2D eigenvalue weighted by atomic mass is 10.1. The zero-order valence-electron chi connectivity index (χ0n) is 11.1. The van der Waals surface area contributed by atoms with Crippen molar-refractivity contribution in [3.8, 4) is 0 Å². The van der Waals surface area contributed by atoms with Crippen molar-refractivity contribution < 1.29 is 23.0 Å². The van der Waals surface area contributed by atoms with Gasteiger partial charge in [0, 0.05) is 12.7 Å². The molecule has 112 valence electrons. The molecule has 2 atom stereocenters. The van der Waals surface area contributed by atoms with Crippen molar-refractivity contribution in [3.63, 3.8) is 0 Å². The van der Waals surface area contributed by atoms with Gasteiger partial charge < -0.3 is 14.7 Å². The Morgan fingerprint density at radius 1 is 1.50 bits per heavy atom. The van der Waals surface area contributed by atoms with Crippen LogP contribution in [0.25, 0.3) is 0 Å². The van der Waals surface area contributed by atoms with Gasteiger partial charge in [0.25, 0.3) is 0 Å². The summed E-state index contributed by atoms with van der Waals surface area (Å²) in [5, 5.41) is 9.47. The molecule has 1 N–H and O–H groups in total. The molecular formula is C13H17F3N2O2. The lowest BCUT2D eigenvalue weighted by Gasteiger charge is -2.37. The number of hydrogen-bond acceptors (Lipinski definition) is 4. The van der Waals surface area contributed by atoms with Crippen molar-refractivity contribution in [1.82, 2.24) is 4.98 Å². The van der Waals surface area contributed by atoms with Crippen LogP contribution in [0.3, 0.4) is 0 Å². The van der Waals surface area contributed by atoms with Crippen molar-refractivity contribution in [2.75, 3.05) is 24.7 Å².